The highest BCUT2D eigenvalue weighted by Gasteiger charge is 2.40. The van der Waals surface area contributed by atoms with E-state index in [1.165, 1.54) is 42.9 Å². The maximum atomic E-state index is 11.2. The minimum Gasteiger partial charge on any atom is -0.458 e. The Bertz CT molecular complexity index is 729. The molecule has 2 unspecified atom stereocenters. The third-order valence-corrected chi connectivity index (χ3v) is 7.25. The third-order valence-electron chi connectivity index (χ3n) is 7.25. The number of ether oxygens (including phenoxy) is 2. The van der Waals surface area contributed by atoms with E-state index >= 15 is 0 Å². The summed E-state index contributed by atoms with van der Waals surface area (Å²) in [6.45, 7) is 11.4. The summed E-state index contributed by atoms with van der Waals surface area (Å²) in [5, 5.41) is 10.3. The molecule has 4 nitrogen and oxygen atoms in total. The van der Waals surface area contributed by atoms with Crippen LogP contribution in [0.5, 0.6) is 0 Å². The quantitative estimate of drug-likeness (QED) is 0.438. The Balaban J connectivity index is 1.48. The number of aliphatic hydroxyl groups excluding tert-OH is 1. The fraction of sp³-hybridized carbons (Fsp3) is 0.640. The second kappa shape index (κ2) is 9.44. The molecule has 0 aromatic heterocycles. The van der Waals surface area contributed by atoms with Crippen LogP contribution in [-0.4, -0.2) is 30.1 Å². The lowest BCUT2D eigenvalue weighted by molar-refractivity contribution is -0.135. The Labute approximate surface area is 175 Å². The second-order valence-corrected chi connectivity index (χ2v) is 9.14. The van der Waals surface area contributed by atoms with Crippen LogP contribution >= 0.6 is 0 Å². The van der Waals surface area contributed by atoms with Gasteiger partial charge in [0.05, 0.1) is 6.10 Å². The first kappa shape index (κ1) is 22.0. The second-order valence-electron chi connectivity index (χ2n) is 9.14. The smallest absolute Gasteiger partial charge is 0.331 e. The molecule has 0 aromatic rings. The van der Waals surface area contributed by atoms with Crippen LogP contribution in [0.2, 0.25) is 0 Å². The van der Waals surface area contributed by atoms with Gasteiger partial charge in [0.15, 0.2) is 6.29 Å². The Morgan fingerprint density at radius 1 is 1.41 bits per heavy atom. The van der Waals surface area contributed by atoms with Crippen LogP contribution in [0.4, 0.5) is 0 Å². The van der Waals surface area contributed by atoms with Crippen molar-refractivity contribution in [1.82, 2.24) is 0 Å². The SMILES string of the molecule is C=C(C)[C@@]1(CC/C(C)=C/CCC2=CCC(C3=CC(=O)OC3)OC2O)CCC[C@H]1C. The number of esters is 1. The summed E-state index contributed by atoms with van der Waals surface area (Å²) in [6.07, 6.45) is 13.3. The van der Waals surface area contributed by atoms with Crippen LogP contribution in [-0.2, 0) is 14.3 Å². The molecule has 0 spiro atoms. The van der Waals surface area contributed by atoms with Crippen molar-refractivity contribution < 1.29 is 19.4 Å². The van der Waals surface area contributed by atoms with E-state index in [9.17, 15) is 9.90 Å². The molecule has 3 aliphatic rings. The van der Waals surface area contributed by atoms with Crippen LogP contribution in [0.25, 0.3) is 0 Å². The maximum absolute atomic E-state index is 11.2. The van der Waals surface area contributed by atoms with Crippen LogP contribution in [0, 0.1) is 11.3 Å². The van der Waals surface area contributed by atoms with E-state index in [-0.39, 0.29) is 18.7 Å². The highest BCUT2D eigenvalue weighted by atomic mass is 16.6. The fourth-order valence-corrected chi connectivity index (χ4v) is 5.17. The van der Waals surface area contributed by atoms with Crippen molar-refractivity contribution in [3.8, 4) is 0 Å². The summed E-state index contributed by atoms with van der Waals surface area (Å²) in [5.74, 6) is 0.407. The van der Waals surface area contributed by atoms with Crippen LogP contribution in [0.3, 0.4) is 0 Å². The lowest BCUT2D eigenvalue weighted by Gasteiger charge is -2.35. The Morgan fingerprint density at radius 2 is 2.21 bits per heavy atom. The molecular formula is C25H36O4. The monoisotopic (exact) mass is 400 g/mol. The summed E-state index contributed by atoms with van der Waals surface area (Å²) in [5.41, 5.74) is 4.83. The molecule has 29 heavy (non-hydrogen) atoms. The zero-order valence-corrected chi connectivity index (χ0v) is 18.2. The van der Waals surface area contributed by atoms with Gasteiger partial charge in [-0.15, -0.1) is 0 Å². The average molecular weight is 401 g/mol. The van der Waals surface area contributed by atoms with Crippen LogP contribution < -0.4 is 0 Å². The van der Waals surface area contributed by atoms with Crippen molar-refractivity contribution in [2.24, 2.45) is 11.3 Å². The van der Waals surface area contributed by atoms with Crippen molar-refractivity contribution in [2.45, 2.75) is 84.5 Å². The molecule has 1 saturated carbocycles. The van der Waals surface area contributed by atoms with E-state index < -0.39 is 6.29 Å². The number of hydrogen-bond donors (Lipinski definition) is 1. The van der Waals surface area contributed by atoms with E-state index in [0.29, 0.717) is 11.8 Å². The molecule has 160 valence electrons. The largest absolute Gasteiger partial charge is 0.458 e. The van der Waals surface area contributed by atoms with E-state index in [4.69, 9.17) is 9.47 Å². The summed E-state index contributed by atoms with van der Waals surface area (Å²) in [7, 11) is 0. The molecule has 0 aromatic carbocycles. The molecular weight excluding hydrogens is 364 g/mol. The van der Waals surface area contributed by atoms with Gasteiger partial charge in [-0.1, -0.05) is 43.2 Å². The van der Waals surface area contributed by atoms with Crippen molar-refractivity contribution >= 4 is 5.97 Å². The van der Waals surface area contributed by atoms with Gasteiger partial charge in [-0.25, -0.2) is 4.79 Å². The van der Waals surface area contributed by atoms with Crippen LogP contribution in [0.1, 0.15) is 72.1 Å². The molecule has 2 aliphatic heterocycles. The molecule has 0 radical (unpaired) electrons. The van der Waals surface area contributed by atoms with Gasteiger partial charge in [0, 0.05) is 11.6 Å². The topological polar surface area (TPSA) is 55.8 Å². The van der Waals surface area contributed by atoms with E-state index in [0.717, 1.165) is 36.3 Å². The maximum Gasteiger partial charge on any atom is 0.331 e. The molecule has 1 N–H and O–H groups in total. The van der Waals surface area contributed by atoms with Crippen molar-refractivity contribution in [2.75, 3.05) is 6.61 Å². The van der Waals surface area contributed by atoms with Gasteiger partial charge >= 0.3 is 5.97 Å². The summed E-state index contributed by atoms with van der Waals surface area (Å²) in [6, 6.07) is 0. The summed E-state index contributed by atoms with van der Waals surface area (Å²) in [4.78, 5) is 11.2. The highest BCUT2D eigenvalue weighted by Crippen LogP contribution is 2.51. The molecule has 1 fully saturated rings. The zero-order chi connectivity index (χ0) is 21.0. The van der Waals surface area contributed by atoms with Crippen LogP contribution in [0.15, 0.2) is 47.1 Å². The highest BCUT2D eigenvalue weighted by molar-refractivity contribution is 5.85. The molecule has 2 heterocycles. The number of carbonyl (C=O) groups excluding carboxylic acids is 1. The van der Waals surface area contributed by atoms with E-state index in [1.54, 1.807) is 0 Å². The lowest BCUT2D eigenvalue weighted by atomic mass is 9.70. The standard InChI is InChI=1S/C25H36O4/c1-17(2)25(13-6-8-19(25)4)14-12-18(3)7-5-9-20-10-11-22(29-24(20)27)21-15-23(26)28-16-21/h7,10,15,19,22,24,27H,1,5-6,8-9,11-14,16H2,2-4H3/b18-7+/t19-,22?,24?,25+/m1/s1. The van der Waals surface area contributed by atoms with Crippen molar-refractivity contribution in [3.63, 3.8) is 0 Å². The van der Waals surface area contributed by atoms with E-state index in [1.807, 2.05) is 0 Å². The van der Waals surface area contributed by atoms with Gasteiger partial charge in [-0.05, 0) is 75.7 Å². The minimum atomic E-state index is -0.898. The predicted molar refractivity (Wildman–Crippen MR) is 115 cm³/mol. The molecule has 0 amide bonds. The fourth-order valence-electron chi connectivity index (χ4n) is 5.17. The zero-order valence-electron chi connectivity index (χ0n) is 18.2. The molecule has 0 bridgehead atoms. The van der Waals surface area contributed by atoms with Gasteiger partial charge < -0.3 is 14.6 Å². The number of carbonyl (C=O) groups is 1. The van der Waals surface area contributed by atoms with Crippen molar-refractivity contribution in [1.29, 1.82) is 0 Å². The molecule has 4 heteroatoms. The van der Waals surface area contributed by atoms with Gasteiger partial charge in [0.25, 0.3) is 0 Å². The molecule has 3 rings (SSSR count). The number of aliphatic hydroxyl groups is 1. The van der Waals surface area contributed by atoms with Crippen molar-refractivity contribution in [3.05, 3.63) is 47.1 Å². The average Bonchev–Trinajstić information content (AvgIpc) is 3.27. The molecule has 0 saturated heterocycles. The molecule has 1 aliphatic carbocycles. The molecule has 4 atom stereocenters. The number of rotatable bonds is 8. The third kappa shape index (κ3) is 5.10. The van der Waals surface area contributed by atoms with Gasteiger partial charge in [0.1, 0.15) is 6.61 Å². The number of cyclic esters (lactones) is 1. The Hall–Kier alpha value is -1.65. The number of allylic oxidation sites excluding steroid dienone is 3. The minimum absolute atomic E-state index is 0.260. The van der Waals surface area contributed by atoms with Gasteiger partial charge in [0.2, 0.25) is 0 Å². The first-order valence-electron chi connectivity index (χ1n) is 11.0. The Morgan fingerprint density at radius 3 is 2.79 bits per heavy atom. The number of hydrogen-bond acceptors (Lipinski definition) is 4. The first-order valence-corrected chi connectivity index (χ1v) is 11.0. The predicted octanol–water partition coefficient (Wildman–Crippen LogP) is 5.39. The van der Waals surface area contributed by atoms with Gasteiger partial charge in [-0.2, -0.15) is 0 Å². The van der Waals surface area contributed by atoms with E-state index in [2.05, 4.69) is 39.5 Å². The summed E-state index contributed by atoms with van der Waals surface area (Å²) >= 11 is 0. The first-order chi connectivity index (χ1) is 13.8. The summed E-state index contributed by atoms with van der Waals surface area (Å²) < 4.78 is 10.6. The lowest BCUT2D eigenvalue weighted by Crippen LogP contribution is -2.29. The Kier molecular flexibility index (Phi) is 7.18. The normalized spacial score (nSPS) is 32.8. The van der Waals surface area contributed by atoms with Gasteiger partial charge in [-0.3, -0.25) is 0 Å².